The van der Waals surface area contributed by atoms with Gasteiger partial charge in [0.2, 0.25) is 5.91 Å². The fourth-order valence-electron chi connectivity index (χ4n) is 2.09. The minimum atomic E-state index is -0.501. The molecule has 1 aliphatic rings. The quantitative estimate of drug-likeness (QED) is 0.873. The maximum absolute atomic E-state index is 12.1. The SMILES string of the molecule is NC(=O)C[C@H](NC(=O)C1=CCCCO1)c1ccc(Cl)cc1. The van der Waals surface area contributed by atoms with Crippen molar-refractivity contribution >= 4 is 23.4 Å². The van der Waals surface area contributed by atoms with Gasteiger partial charge in [0.25, 0.3) is 5.91 Å². The molecule has 1 heterocycles. The molecule has 5 nitrogen and oxygen atoms in total. The summed E-state index contributed by atoms with van der Waals surface area (Å²) in [6.45, 7) is 0.528. The van der Waals surface area contributed by atoms with E-state index in [0.717, 1.165) is 18.4 Å². The van der Waals surface area contributed by atoms with Crippen molar-refractivity contribution in [1.29, 1.82) is 0 Å². The monoisotopic (exact) mass is 308 g/mol. The van der Waals surface area contributed by atoms with Gasteiger partial charge in [0, 0.05) is 5.02 Å². The first-order valence-electron chi connectivity index (χ1n) is 6.74. The molecule has 1 aromatic rings. The molecule has 0 spiro atoms. The van der Waals surface area contributed by atoms with Gasteiger partial charge in [-0.2, -0.15) is 0 Å². The van der Waals surface area contributed by atoms with E-state index in [2.05, 4.69) is 5.32 Å². The highest BCUT2D eigenvalue weighted by atomic mass is 35.5. The second-order valence-electron chi connectivity index (χ2n) is 4.81. The van der Waals surface area contributed by atoms with Gasteiger partial charge in [-0.1, -0.05) is 23.7 Å². The lowest BCUT2D eigenvalue weighted by atomic mass is 10.0. The predicted octanol–water partition coefficient (Wildman–Crippen LogP) is 2.07. The van der Waals surface area contributed by atoms with E-state index < -0.39 is 11.9 Å². The minimum absolute atomic E-state index is 0.0145. The Bertz CT molecular complexity index is 555. The lowest BCUT2D eigenvalue weighted by Crippen LogP contribution is -2.33. The van der Waals surface area contributed by atoms with Crippen LogP contribution in [-0.2, 0) is 14.3 Å². The fourth-order valence-corrected chi connectivity index (χ4v) is 2.22. The third kappa shape index (κ3) is 4.49. The number of carbonyl (C=O) groups excluding carboxylic acids is 2. The van der Waals surface area contributed by atoms with Gasteiger partial charge in [-0.3, -0.25) is 9.59 Å². The number of carbonyl (C=O) groups is 2. The summed E-state index contributed by atoms with van der Waals surface area (Å²) in [6, 6.07) is 6.41. The Hall–Kier alpha value is -2.01. The predicted molar refractivity (Wildman–Crippen MR) is 79.4 cm³/mol. The largest absolute Gasteiger partial charge is 0.488 e. The standard InChI is InChI=1S/C15H17ClN2O3/c16-11-6-4-10(5-7-11)12(9-14(17)19)18-15(20)13-3-1-2-8-21-13/h3-7,12H,1-2,8-9H2,(H2,17,19)(H,18,20)/t12-/m0/s1. The van der Waals surface area contributed by atoms with E-state index in [1.54, 1.807) is 30.3 Å². The van der Waals surface area contributed by atoms with Crippen molar-refractivity contribution < 1.29 is 14.3 Å². The molecule has 0 saturated carbocycles. The van der Waals surface area contributed by atoms with Crippen molar-refractivity contribution in [2.75, 3.05) is 6.61 Å². The molecule has 2 rings (SSSR count). The Labute approximate surface area is 128 Å². The highest BCUT2D eigenvalue weighted by Gasteiger charge is 2.21. The Morgan fingerprint density at radius 1 is 1.33 bits per heavy atom. The van der Waals surface area contributed by atoms with Crippen molar-refractivity contribution in [3.05, 3.63) is 46.7 Å². The van der Waals surface area contributed by atoms with Crippen LogP contribution < -0.4 is 11.1 Å². The number of nitrogens with two attached hydrogens (primary N) is 1. The molecule has 0 bridgehead atoms. The van der Waals surface area contributed by atoms with Gasteiger partial charge < -0.3 is 15.8 Å². The van der Waals surface area contributed by atoms with E-state index in [4.69, 9.17) is 22.1 Å². The number of nitrogens with one attached hydrogen (secondary N) is 1. The van der Waals surface area contributed by atoms with Crippen molar-refractivity contribution in [3.8, 4) is 0 Å². The molecule has 21 heavy (non-hydrogen) atoms. The van der Waals surface area contributed by atoms with Crippen LogP contribution in [0.1, 0.15) is 30.9 Å². The lowest BCUT2D eigenvalue weighted by Gasteiger charge is -2.20. The number of amides is 2. The molecule has 3 N–H and O–H groups in total. The summed E-state index contributed by atoms with van der Waals surface area (Å²) in [5.74, 6) is -0.533. The first-order chi connectivity index (χ1) is 10.1. The zero-order chi connectivity index (χ0) is 15.2. The highest BCUT2D eigenvalue weighted by molar-refractivity contribution is 6.30. The Morgan fingerprint density at radius 3 is 2.62 bits per heavy atom. The summed E-state index contributed by atoms with van der Waals surface area (Å²) >= 11 is 5.84. The van der Waals surface area contributed by atoms with E-state index in [0.29, 0.717) is 17.4 Å². The van der Waals surface area contributed by atoms with Gasteiger partial charge in [0.15, 0.2) is 5.76 Å². The Kier molecular flexibility index (Phi) is 5.22. The number of hydrogen-bond donors (Lipinski definition) is 2. The average Bonchev–Trinajstić information content (AvgIpc) is 2.48. The van der Waals surface area contributed by atoms with Crippen LogP contribution in [0.5, 0.6) is 0 Å². The maximum Gasteiger partial charge on any atom is 0.286 e. The average molecular weight is 309 g/mol. The molecular formula is C15H17ClN2O3. The van der Waals surface area contributed by atoms with Crippen molar-refractivity contribution in [1.82, 2.24) is 5.32 Å². The number of benzene rings is 1. The number of allylic oxidation sites excluding steroid dienone is 1. The molecule has 2 amide bonds. The Balaban J connectivity index is 2.12. The molecule has 1 aromatic carbocycles. The molecule has 0 aromatic heterocycles. The highest BCUT2D eigenvalue weighted by Crippen LogP contribution is 2.20. The smallest absolute Gasteiger partial charge is 0.286 e. The fraction of sp³-hybridized carbons (Fsp3) is 0.333. The molecule has 0 saturated heterocycles. The van der Waals surface area contributed by atoms with E-state index in [1.807, 2.05) is 0 Å². The topological polar surface area (TPSA) is 81.4 Å². The molecule has 1 atom stereocenters. The van der Waals surface area contributed by atoms with Crippen LogP contribution in [0.15, 0.2) is 36.1 Å². The molecule has 0 unspecified atom stereocenters. The molecule has 0 radical (unpaired) electrons. The maximum atomic E-state index is 12.1. The second-order valence-corrected chi connectivity index (χ2v) is 5.24. The summed E-state index contributed by atoms with van der Waals surface area (Å²) in [5.41, 5.74) is 6.02. The van der Waals surface area contributed by atoms with Crippen LogP contribution >= 0.6 is 11.6 Å². The van der Waals surface area contributed by atoms with Crippen LogP contribution in [-0.4, -0.2) is 18.4 Å². The zero-order valence-electron chi connectivity index (χ0n) is 11.5. The lowest BCUT2D eigenvalue weighted by molar-refractivity contribution is -0.122. The first kappa shape index (κ1) is 15.4. The van der Waals surface area contributed by atoms with Crippen LogP contribution in [0.2, 0.25) is 5.02 Å². The number of primary amides is 1. The van der Waals surface area contributed by atoms with Gasteiger partial charge in [-0.05, 0) is 36.6 Å². The third-order valence-corrected chi connectivity index (χ3v) is 3.39. The molecule has 0 fully saturated rings. The molecule has 1 aliphatic heterocycles. The van der Waals surface area contributed by atoms with Crippen molar-refractivity contribution in [2.24, 2.45) is 5.73 Å². The summed E-state index contributed by atoms with van der Waals surface area (Å²) in [5, 5.41) is 3.36. The van der Waals surface area contributed by atoms with Crippen LogP contribution in [0.25, 0.3) is 0 Å². The Morgan fingerprint density at radius 2 is 2.05 bits per heavy atom. The van der Waals surface area contributed by atoms with E-state index >= 15 is 0 Å². The van der Waals surface area contributed by atoms with Crippen molar-refractivity contribution in [2.45, 2.75) is 25.3 Å². The number of ether oxygens (including phenoxy) is 1. The van der Waals surface area contributed by atoms with E-state index in [-0.39, 0.29) is 12.3 Å². The van der Waals surface area contributed by atoms with Crippen molar-refractivity contribution in [3.63, 3.8) is 0 Å². The second kappa shape index (κ2) is 7.13. The molecule has 112 valence electrons. The third-order valence-electron chi connectivity index (χ3n) is 3.14. The molecule has 6 heteroatoms. The number of halogens is 1. The van der Waals surface area contributed by atoms with E-state index in [1.165, 1.54) is 0 Å². The molecular weight excluding hydrogens is 292 g/mol. The van der Waals surface area contributed by atoms with Crippen LogP contribution in [0.4, 0.5) is 0 Å². The first-order valence-corrected chi connectivity index (χ1v) is 7.11. The minimum Gasteiger partial charge on any atom is -0.488 e. The summed E-state index contributed by atoms with van der Waals surface area (Å²) in [7, 11) is 0. The summed E-state index contributed by atoms with van der Waals surface area (Å²) in [6.07, 6.45) is 3.48. The summed E-state index contributed by atoms with van der Waals surface area (Å²) < 4.78 is 5.31. The summed E-state index contributed by atoms with van der Waals surface area (Å²) in [4.78, 5) is 23.4. The zero-order valence-corrected chi connectivity index (χ0v) is 12.2. The van der Waals surface area contributed by atoms with Crippen LogP contribution in [0.3, 0.4) is 0 Å². The van der Waals surface area contributed by atoms with Crippen LogP contribution in [0, 0.1) is 0 Å². The normalized spacial score (nSPS) is 15.6. The van der Waals surface area contributed by atoms with Gasteiger partial charge in [-0.25, -0.2) is 0 Å². The van der Waals surface area contributed by atoms with Gasteiger partial charge in [-0.15, -0.1) is 0 Å². The van der Waals surface area contributed by atoms with Gasteiger partial charge in [0.1, 0.15) is 0 Å². The van der Waals surface area contributed by atoms with Gasteiger partial charge >= 0.3 is 0 Å². The number of hydrogen-bond acceptors (Lipinski definition) is 3. The molecule has 0 aliphatic carbocycles. The number of rotatable bonds is 5. The van der Waals surface area contributed by atoms with E-state index in [9.17, 15) is 9.59 Å². The van der Waals surface area contributed by atoms with Gasteiger partial charge in [0.05, 0.1) is 19.1 Å².